The molecule has 2 saturated heterocycles. The highest BCUT2D eigenvalue weighted by Crippen LogP contribution is 2.18. The van der Waals surface area contributed by atoms with Crippen LogP contribution in [0.1, 0.15) is 22.6 Å². The van der Waals surface area contributed by atoms with Gasteiger partial charge >= 0.3 is 0 Å². The number of rotatable bonds is 3. The Hall–Kier alpha value is -1.96. The number of fused-ring (bicyclic) bond motifs is 1. The Morgan fingerprint density at radius 1 is 1.04 bits per heavy atom. The zero-order valence-electron chi connectivity index (χ0n) is 14.4. The minimum Gasteiger partial charge on any atom is -0.380 e. The molecule has 25 heavy (non-hydrogen) atoms. The molecule has 134 valence electrons. The Morgan fingerprint density at radius 2 is 1.84 bits per heavy atom. The van der Waals surface area contributed by atoms with Gasteiger partial charge in [0, 0.05) is 45.5 Å². The van der Waals surface area contributed by atoms with E-state index in [1.165, 1.54) is 0 Å². The molecule has 2 aromatic heterocycles. The van der Waals surface area contributed by atoms with E-state index in [1.54, 1.807) is 0 Å². The van der Waals surface area contributed by atoms with Crippen LogP contribution in [0.25, 0.3) is 5.65 Å². The number of imidazole rings is 1. The predicted octanol–water partition coefficient (Wildman–Crippen LogP) is 1.03. The SMILES string of the molecule is O=C(c1nc2ccccn2c1CN1CCCOCC1)N1CCOCC1. The first-order chi connectivity index (χ1) is 12.3. The Labute approximate surface area is 147 Å². The molecule has 0 atom stereocenters. The van der Waals surface area contributed by atoms with Gasteiger partial charge in [-0.2, -0.15) is 0 Å². The van der Waals surface area contributed by atoms with Crippen molar-refractivity contribution >= 4 is 11.6 Å². The van der Waals surface area contributed by atoms with E-state index < -0.39 is 0 Å². The minimum absolute atomic E-state index is 0.00747. The molecule has 2 aliphatic rings. The molecule has 2 aliphatic heterocycles. The van der Waals surface area contributed by atoms with Crippen molar-refractivity contribution in [2.24, 2.45) is 0 Å². The molecule has 7 nitrogen and oxygen atoms in total. The molecule has 4 rings (SSSR count). The first-order valence-corrected chi connectivity index (χ1v) is 8.96. The van der Waals surface area contributed by atoms with E-state index in [9.17, 15) is 4.79 Å². The lowest BCUT2D eigenvalue weighted by Crippen LogP contribution is -2.41. The zero-order chi connectivity index (χ0) is 17.1. The molecule has 2 fully saturated rings. The Balaban J connectivity index is 1.66. The molecule has 0 bridgehead atoms. The van der Waals surface area contributed by atoms with Crippen LogP contribution in [0.15, 0.2) is 24.4 Å². The standard InChI is InChI=1S/C18H24N4O3/c23-18(21-8-12-25-13-9-21)17-15(14-20-5-3-10-24-11-7-20)22-6-2-1-4-16(22)19-17/h1-2,4,6H,3,5,7-14H2. The lowest BCUT2D eigenvalue weighted by Gasteiger charge is -2.27. The molecule has 0 saturated carbocycles. The van der Waals surface area contributed by atoms with Gasteiger partial charge in [0.2, 0.25) is 0 Å². The van der Waals surface area contributed by atoms with Gasteiger partial charge in [0.25, 0.3) is 5.91 Å². The highest BCUT2D eigenvalue weighted by molar-refractivity contribution is 5.94. The number of ether oxygens (including phenoxy) is 2. The first-order valence-electron chi connectivity index (χ1n) is 8.96. The number of morpholine rings is 1. The lowest BCUT2D eigenvalue weighted by molar-refractivity contribution is 0.0298. The van der Waals surface area contributed by atoms with Gasteiger partial charge < -0.3 is 18.8 Å². The number of carbonyl (C=O) groups excluding carboxylic acids is 1. The van der Waals surface area contributed by atoms with E-state index in [0.717, 1.165) is 44.1 Å². The smallest absolute Gasteiger partial charge is 0.274 e. The van der Waals surface area contributed by atoms with Crippen molar-refractivity contribution in [3.05, 3.63) is 35.8 Å². The largest absolute Gasteiger partial charge is 0.380 e. The lowest BCUT2D eigenvalue weighted by atomic mass is 10.2. The number of aromatic nitrogens is 2. The highest BCUT2D eigenvalue weighted by atomic mass is 16.5. The van der Waals surface area contributed by atoms with Crippen LogP contribution in [0, 0.1) is 0 Å². The van der Waals surface area contributed by atoms with E-state index in [0.29, 0.717) is 38.5 Å². The van der Waals surface area contributed by atoms with Crippen molar-refractivity contribution in [3.63, 3.8) is 0 Å². The van der Waals surface area contributed by atoms with Gasteiger partial charge in [0.1, 0.15) is 5.65 Å². The summed E-state index contributed by atoms with van der Waals surface area (Å²) in [5.74, 6) is 0.00747. The minimum atomic E-state index is 0.00747. The number of nitrogens with zero attached hydrogens (tertiary/aromatic N) is 4. The Kier molecular flexibility index (Phi) is 4.96. The summed E-state index contributed by atoms with van der Waals surface area (Å²) in [6, 6.07) is 5.88. The molecular weight excluding hydrogens is 320 g/mol. The maximum Gasteiger partial charge on any atom is 0.274 e. The second kappa shape index (κ2) is 7.51. The van der Waals surface area contributed by atoms with Gasteiger partial charge in [-0.3, -0.25) is 9.69 Å². The van der Waals surface area contributed by atoms with Gasteiger partial charge in [-0.15, -0.1) is 0 Å². The molecule has 7 heteroatoms. The number of carbonyl (C=O) groups is 1. The molecule has 0 radical (unpaired) electrons. The number of amides is 1. The van der Waals surface area contributed by atoms with Crippen molar-refractivity contribution in [3.8, 4) is 0 Å². The second-order valence-corrected chi connectivity index (χ2v) is 6.48. The third-order valence-electron chi connectivity index (χ3n) is 4.82. The summed E-state index contributed by atoms with van der Waals surface area (Å²) < 4.78 is 13.0. The van der Waals surface area contributed by atoms with Crippen LogP contribution in [-0.4, -0.2) is 77.7 Å². The molecular formula is C18H24N4O3. The van der Waals surface area contributed by atoms with Crippen molar-refractivity contribution in [2.75, 3.05) is 52.6 Å². The summed E-state index contributed by atoms with van der Waals surface area (Å²) >= 11 is 0. The fraction of sp³-hybridized carbons (Fsp3) is 0.556. The Bertz CT molecular complexity index is 731. The molecule has 0 spiro atoms. The molecule has 0 unspecified atom stereocenters. The predicted molar refractivity (Wildman–Crippen MR) is 92.6 cm³/mol. The maximum atomic E-state index is 13.1. The van der Waals surface area contributed by atoms with Crippen LogP contribution >= 0.6 is 0 Å². The maximum absolute atomic E-state index is 13.1. The molecule has 0 aliphatic carbocycles. The van der Waals surface area contributed by atoms with Crippen LogP contribution in [0.2, 0.25) is 0 Å². The average Bonchev–Trinajstić information content (AvgIpc) is 2.83. The normalized spacial score (nSPS) is 19.9. The molecule has 1 amide bonds. The third-order valence-corrected chi connectivity index (χ3v) is 4.82. The van der Waals surface area contributed by atoms with Crippen molar-refractivity contribution in [2.45, 2.75) is 13.0 Å². The fourth-order valence-electron chi connectivity index (χ4n) is 3.45. The molecule has 0 N–H and O–H groups in total. The summed E-state index contributed by atoms with van der Waals surface area (Å²) in [5.41, 5.74) is 2.35. The second-order valence-electron chi connectivity index (χ2n) is 6.48. The van der Waals surface area contributed by atoms with Crippen LogP contribution < -0.4 is 0 Å². The molecule has 2 aromatic rings. The van der Waals surface area contributed by atoms with Gasteiger partial charge in [0.05, 0.1) is 25.5 Å². The average molecular weight is 344 g/mol. The summed E-state index contributed by atoms with van der Waals surface area (Å²) in [6.07, 6.45) is 3.01. The fourth-order valence-corrected chi connectivity index (χ4v) is 3.45. The van der Waals surface area contributed by atoms with E-state index in [1.807, 2.05) is 33.7 Å². The van der Waals surface area contributed by atoms with Crippen LogP contribution in [0.3, 0.4) is 0 Å². The van der Waals surface area contributed by atoms with Crippen LogP contribution in [0.4, 0.5) is 0 Å². The van der Waals surface area contributed by atoms with Crippen LogP contribution in [0.5, 0.6) is 0 Å². The topological polar surface area (TPSA) is 59.3 Å². The van der Waals surface area contributed by atoms with Crippen LogP contribution in [-0.2, 0) is 16.0 Å². The first kappa shape index (κ1) is 16.5. The Morgan fingerprint density at radius 3 is 2.72 bits per heavy atom. The van der Waals surface area contributed by atoms with Gasteiger partial charge in [-0.25, -0.2) is 4.98 Å². The quantitative estimate of drug-likeness (QED) is 0.832. The summed E-state index contributed by atoms with van der Waals surface area (Å²) in [6.45, 7) is 6.56. The van der Waals surface area contributed by atoms with E-state index >= 15 is 0 Å². The van der Waals surface area contributed by atoms with E-state index in [4.69, 9.17) is 9.47 Å². The van der Waals surface area contributed by atoms with Crippen molar-refractivity contribution in [1.29, 1.82) is 0 Å². The molecule has 0 aromatic carbocycles. The van der Waals surface area contributed by atoms with Gasteiger partial charge in [-0.05, 0) is 18.6 Å². The third kappa shape index (κ3) is 3.53. The zero-order valence-corrected chi connectivity index (χ0v) is 14.4. The van der Waals surface area contributed by atoms with E-state index in [-0.39, 0.29) is 5.91 Å². The van der Waals surface area contributed by atoms with Gasteiger partial charge in [0.15, 0.2) is 5.69 Å². The summed E-state index contributed by atoms with van der Waals surface area (Å²) in [7, 11) is 0. The summed E-state index contributed by atoms with van der Waals surface area (Å²) in [4.78, 5) is 21.9. The van der Waals surface area contributed by atoms with E-state index in [2.05, 4.69) is 9.88 Å². The number of pyridine rings is 1. The number of hydrogen-bond acceptors (Lipinski definition) is 5. The van der Waals surface area contributed by atoms with Crippen molar-refractivity contribution < 1.29 is 14.3 Å². The highest BCUT2D eigenvalue weighted by Gasteiger charge is 2.26. The van der Waals surface area contributed by atoms with Crippen molar-refractivity contribution in [1.82, 2.24) is 19.2 Å². The monoisotopic (exact) mass is 344 g/mol. The summed E-state index contributed by atoms with van der Waals surface area (Å²) in [5, 5.41) is 0. The molecule has 4 heterocycles. The van der Waals surface area contributed by atoms with Gasteiger partial charge in [-0.1, -0.05) is 6.07 Å². The number of hydrogen-bond donors (Lipinski definition) is 0.